The van der Waals surface area contributed by atoms with Crippen molar-refractivity contribution in [3.05, 3.63) is 39.3 Å². The fraction of sp³-hybridized carbons (Fsp3) is 0.250. The molecule has 1 heterocycles. The molecule has 0 aliphatic heterocycles. The van der Waals surface area contributed by atoms with Crippen molar-refractivity contribution in [1.29, 1.82) is 0 Å². The molecule has 2 aromatic rings. The molecule has 1 aromatic carbocycles. The van der Waals surface area contributed by atoms with E-state index in [1.54, 1.807) is 23.5 Å². The van der Waals surface area contributed by atoms with Crippen LogP contribution in [0.25, 0.3) is 0 Å². The van der Waals surface area contributed by atoms with Gasteiger partial charge in [0.05, 0.1) is 17.4 Å². The molecule has 1 unspecified atom stereocenters. The van der Waals surface area contributed by atoms with Gasteiger partial charge in [0.15, 0.2) is 0 Å². The summed E-state index contributed by atoms with van der Waals surface area (Å²) in [5, 5.41) is 5.03. The van der Waals surface area contributed by atoms with Crippen molar-refractivity contribution in [2.45, 2.75) is 19.9 Å². The molecular weight excluding hydrogens is 254 g/mol. The second-order valence-electron chi connectivity index (χ2n) is 3.91. The highest BCUT2D eigenvalue weighted by atomic mass is 35.5. The number of benzene rings is 1. The Morgan fingerprint density at radius 3 is 2.88 bits per heavy atom. The van der Waals surface area contributed by atoms with Crippen molar-refractivity contribution in [2.75, 3.05) is 11.1 Å². The third kappa shape index (κ3) is 2.90. The molecule has 1 aromatic heterocycles. The van der Waals surface area contributed by atoms with E-state index in [0.717, 1.165) is 10.7 Å². The molecule has 0 saturated carbocycles. The van der Waals surface area contributed by atoms with Gasteiger partial charge >= 0.3 is 0 Å². The maximum Gasteiger partial charge on any atom is 0.115 e. The molecule has 0 aliphatic carbocycles. The van der Waals surface area contributed by atoms with Crippen LogP contribution in [0, 0.1) is 6.92 Å². The number of hydrogen-bond donors (Lipinski definition) is 2. The molecule has 2 rings (SSSR count). The Kier molecular flexibility index (Phi) is 3.54. The van der Waals surface area contributed by atoms with Crippen LogP contribution in [0.3, 0.4) is 0 Å². The van der Waals surface area contributed by atoms with Crippen LogP contribution in [0.4, 0.5) is 11.4 Å². The standard InChI is InChI=1S/C12H14ClN3S/c1-7-6-15-12(17-7)8(2)16-11-5-9(13)3-4-10(11)14/h3-6,8,16H,14H2,1-2H3. The summed E-state index contributed by atoms with van der Waals surface area (Å²) in [4.78, 5) is 5.55. The number of nitrogens with two attached hydrogens (primary N) is 1. The number of aryl methyl sites for hydroxylation is 1. The summed E-state index contributed by atoms with van der Waals surface area (Å²) in [5.41, 5.74) is 7.42. The second-order valence-corrected chi connectivity index (χ2v) is 5.61. The fourth-order valence-corrected chi connectivity index (χ4v) is 2.47. The van der Waals surface area contributed by atoms with Crippen molar-refractivity contribution in [3.63, 3.8) is 0 Å². The molecule has 90 valence electrons. The maximum atomic E-state index is 5.94. The normalized spacial score (nSPS) is 12.4. The van der Waals surface area contributed by atoms with E-state index in [1.165, 1.54) is 4.88 Å². The van der Waals surface area contributed by atoms with Crippen molar-refractivity contribution < 1.29 is 0 Å². The van der Waals surface area contributed by atoms with Crippen molar-refractivity contribution in [3.8, 4) is 0 Å². The van der Waals surface area contributed by atoms with Crippen LogP contribution < -0.4 is 11.1 Å². The highest BCUT2D eigenvalue weighted by molar-refractivity contribution is 7.11. The number of nitrogens with zero attached hydrogens (tertiary/aromatic N) is 1. The van der Waals surface area contributed by atoms with Gasteiger partial charge in [0.2, 0.25) is 0 Å². The zero-order chi connectivity index (χ0) is 12.4. The van der Waals surface area contributed by atoms with Gasteiger partial charge in [-0.05, 0) is 32.0 Å². The summed E-state index contributed by atoms with van der Waals surface area (Å²) in [6.45, 7) is 4.10. The lowest BCUT2D eigenvalue weighted by atomic mass is 10.2. The zero-order valence-corrected chi connectivity index (χ0v) is 11.3. The minimum absolute atomic E-state index is 0.120. The van der Waals surface area contributed by atoms with Gasteiger partial charge in [0.1, 0.15) is 5.01 Å². The molecule has 0 bridgehead atoms. The van der Waals surface area contributed by atoms with Crippen LogP contribution in [-0.4, -0.2) is 4.98 Å². The lowest BCUT2D eigenvalue weighted by Gasteiger charge is -2.14. The van der Waals surface area contributed by atoms with Gasteiger partial charge in [-0.2, -0.15) is 0 Å². The van der Waals surface area contributed by atoms with E-state index in [9.17, 15) is 0 Å². The van der Waals surface area contributed by atoms with Gasteiger partial charge in [-0.15, -0.1) is 11.3 Å². The van der Waals surface area contributed by atoms with Crippen LogP contribution in [-0.2, 0) is 0 Å². The average Bonchev–Trinajstić information content (AvgIpc) is 2.70. The molecule has 3 N–H and O–H groups in total. The summed E-state index contributed by atoms with van der Waals surface area (Å²) in [6, 6.07) is 5.52. The van der Waals surface area contributed by atoms with Gasteiger partial charge in [-0.25, -0.2) is 4.98 Å². The van der Waals surface area contributed by atoms with Crippen LogP contribution in [0.5, 0.6) is 0 Å². The van der Waals surface area contributed by atoms with Crippen molar-refractivity contribution >= 4 is 34.3 Å². The number of hydrogen-bond acceptors (Lipinski definition) is 4. The number of thiazole rings is 1. The Morgan fingerprint density at radius 2 is 2.24 bits per heavy atom. The molecule has 0 amide bonds. The summed E-state index contributed by atoms with van der Waals surface area (Å²) in [7, 11) is 0. The molecule has 0 radical (unpaired) electrons. The Morgan fingerprint density at radius 1 is 1.47 bits per heavy atom. The first-order chi connectivity index (χ1) is 8.06. The second kappa shape index (κ2) is 4.94. The molecule has 5 heteroatoms. The first kappa shape index (κ1) is 12.2. The monoisotopic (exact) mass is 267 g/mol. The highest BCUT2D eigenvalue weighted by Crippen LogP contribution is 2.28. The zero-order valence-electron chi connectivity index (χ0n) is 9.70. The van der Waals surface area contributed by atoms with Crippen LogP contribution >= 0.6 is 22.9 Å². The number of aromatic nitrogens is 1. The molecular formula is C12H14ClN3S. The molecule has 0 saturated heterocycles. The molecule has 0 aliphatic rings. The van der Waals surface area contributed by atoms with E-state index in [2.05, 4.69) is 17.2 Å². The topological polar surface area (TPSA) is 50.9 Å². The van der Waals surface area contributed by atoms with E-state index in [1.807, 2.05) is 19.2 Å². The van der Waals surface area contributed by atoms with E-state index in [4.69, 9.17) is 17.3 Å². The lowest BCUT2D eigenvalue weighted by Crippen LogP contribution is -2.07. The smallest absolute Gasteiger partial charge is 0.115 e. The van der Waals surface area contributed by atoms with Gasteiger partial charge in [0.25, 0.3) is 0 Å². The Bertz CT molecular complexity index is 524. The Hall–Kier alpha value is -1.26. The van der Waals surface area contributed by atoms with E-state index < -0.39 is 0 Å². The highest BCUT2D eigenvalue weighted by Gasteiger charge is 2.10. The minimum Gasteiger partial charge on any atom is -0.397 e. The first-order valence-corrected chi connectivity index (χ1v) is 6.49. The summed E-state index contributed by atoms with van der Waals surface area (Å²) in [6.07, 6.45) is 1.87. The quantitative estimate of drug-likeness (QED) is 0.831. The van der Waals surface area contributed by atoms with Crippen LogP contribution in [0.1, 0.15) is 22.9 Å². The van der Waals surface area contributed by atoms with Crippen molar-refractivity contribution in [2.24, 2.45) is 0 Å². The fourth-order valence-electron chi connectivity index (χ4n) is 1.52. The SMILES string of the molecule is Cc1cnc(C(C)Nc2cc(Cl)ccc2N)s1. The van der Waals surface area contributed by atoms with E-state index in [0.29, 0.717) is 10.7 Å². The minimum atomic E-state index is 0.120. The van der Waals surface area contributed by atoms with Crippen molar-refractivity contribution in [1.82, 2.24) is 4.98 Å². The van der Waals surface area contributed by atoms with Crippen LogP contribution in [0.15, 0.2) is 24.4 Å². The van der Waals surface area contributed by atoms with Gasteiger partial charge in [-0.1, -0.05) is 11.6 Å². The largest absolute Gasteiger partial charge is 0.397 e. The molecule has 17 heavy (non-hydrogen) atoms. The van der Waals surface area contributed by atoms with Gasteiger partial charge in [-0.3, -0.25) is 0 Å². The molecule has 1 atom stereocenters. The Balaban J connectivity index is 2.18. The number of halogens is 1. The lowest BCUT2D eigenvalue weighted by molar-refractivity contribution is 0.870. The first-order valence-electron chi connectivity index (χ1n) is 5.30. The number of rotatable bonds is 3. The summed E-state index contributed by atoms with van der Waals surface area (Å²) < 4.78 is 0. The maximum absolute atomic E-state index is 5.94. The predicted octanol–water partition coefficient (Wildman–Crippen LogP) is 3.86. The summed E-state index contributed by atoms with van der Waals surface area (Å²) in [5.74, 6) is 0. The number of nitrogens with one attached hydrogen (secondary N) is 1. The summed E-state index contributed by atoms with van der Waals surface area (Å²) >= 11 is 7.62. The third-order valence-electron chi connectivity index (χ3n) is 2.40. The average molecular weight is 268 g/mol. The molecule has 0 fully saturated rings. The number of anilines is 2. The molecule has 0 spiro atoms. The predicted molar refractivity (Wildman–Crippen MR) is 74.8 cm³/mol. The molecule has 3 nitrogen and oxygen atoms in total. The third-order valence-corrected chi connectivity index (χ3v) is 3.73. The Labute approximate surface area is 110 Å². The number of nitrogen functional groups attached to an aromatic ring is 1. The van der Waals surface area contributed by atoms with Crippen LogP contribution in [0.2, 0.25) is 5.02 Å². The van der Waals surface area contributed by atoms with E-state index >= 15 is 0 Å². The van der Waals surface area contributed by atoms with E-state index in [-0.39, 0.29) is 6.04 Å². The van der Waals surface area contributed by atoms with Gasteiger partial charge < -0.3 is 11.1 Å². The van der Waals surface area contributed by atoms with Gasteiger partial charge in [0, 0.05) is 16.1 Å².